The van der Waals surface area contributed by atoms with Gasteiger partial charge in [0.05, 0.1) is 0 Å². The van der Waals surface area contributed by atoms with Crippen LogP contribution in [-0.2, 0) is 0 Å². The lowest BCUT2D eigenvalue weighted by atomic mass is 9.83. The molecule has 1 saturated carbocycles. The van der Waals surface area contributed by atoms with Gasteiger partial charge in [0.15, 0.2) is 0 Å². The maximum absolute atomic E-state index is 8.20. The molecule has 0 amide bonds. The van der Waals surface area contributed by atoms with E-state index in [4.69, 9.17) is 5.41 Å². The summed E-state index contributed by atoms with van der Waals surface area (Å²) < 4.78 is 0. The Bertz CT molecular complexity index is 232. The average Bonchev–Trinajstić information content (AvgIpc) is 2.26. The lowest BCUT2D eigenvalue weighted by molar-refractivity contribution is 0.214. The van der Waals surface area contributed by atoms with Gasteiger partial charge in [0.2, 0.25) is 0 Å². The highest BCUT2D eigenvalue weighted by Crippen LogP contribution is 2.30. The van der Waals surface area contributed by atoms with Crippen molar-refractivity contribution in [3.8, 4) is 0 Å². The van der Waals surface area contributed by atoms with Gasteiger partial charge in [-0.2, -0.15) is 0 Å². The molecule has 0 bridgehead atoms. The van der Waals surface area contributed by atoms with Crippen LogP contribution < -0.4 is 0 Å². The number of hydrogen-bond donors (Lipinski definition) is 1. The van der Waals surface area contributed by atoms with Gasteiger partial charge in [-0.1, -0.05) is 34.1 Å². The van der Waals surface area contributed by atoms with Crippen LogP contribution in [0.4, 0.5) is 0 Å². The maximum Gasteiger partial charge on any atom is 0.101 e. The fraction of sp³-hybridized carbons (Fsp3) is 0.929. The largest absolute Gasteiger partial charge is 0.360 e. The predicted octanol–water partition coefficient (Wildman–Crippen LogP) is 3.91. The van der Waals surface area contributed by atoms with Crippen molar-refractivity contribution in [3.63, 3.8) is 0 Å². The molecule has 0 saturated heterocycles. The molecule has 1 aliphatic rings. The lowest BCUT2D eigenvalue weighted by Gasteiger charge is -2.39. The Kier molecular flexibility index (Phi) is 4.40. The quantitative estimate of drug-likeness (QED) is 0.559. The summed E-state index contributed by atoms with van der Waals surface area (Å²) in [7, 11) is 2.10. The summed E-state index contributed by atoms with van der Waals surface area (Å²) in [6.07, 6.45) is 6.57. The molecular weight excluding hydrogens is 196 g/mol. The Hall–Kier alpha value is -0.530. The highest BCUT2D eigenvalue weighted by Gasteiger charge is 2.28. The third-order valence-electron chi connectivity index (χ3n) is 4.00. The van der Waals surface area contributed by atoms with Gasteiger partial charge < -0.3 is 4.90 Å². The van der Waals surface area contributed by atoms with Crippen LogP contribution >= 0.6 is 0 Å². The first kappa shape index (κ1) is 13.5. The van der Waals surface area contributed by atoms with Crippen molar-refractivity contribution in [1.82, 2.24) is 4.90 Å². The number of nitrogens with one attached hydrogen (secondary N) is 1. The van der Waals surface area contributed by atoms with Gasteiger partial charge in [-0.15, -0.1) is 0 Å². The Morgan fingerprint density at radius 2 is 1.69 bits per heavy atom. The zero-order valence-corrected chi connectivity index (χ0v) is 11.6. The minimum absolute atomic E-state index is 0.0175. The van der Waals surface area contributed by atoms with Crippen molar-refractivity contribution in [3.05, 3.63) is 0 Å². The molecular formula is C14H28N2. The predicted molar refractivity (Wildman–Crippen MR) is 71.0 cm³/mol. The molecule has 0 aliphatic heterocycles. The minimum Gasteiger partial charge on any atom is -0.360 e. The lowest BCUT2D eigenvalue weighted by Crippen LogP contribution is -2.44. The van der Waals surface area contributed by atoms with E-state index in [0.717, 1.165) is 11.8 Å². The topological polar surface area (TPSA) is 27.1 Å². The van der Waals surface area contributed by atoms with E-state index in [1.807, 2.05) is 0 Å². The van der Waals surface area contributed by atoms with Gasteiger partial charge in [0.1, 0.15) is 5.84 Å². The second-order valence-electron chi connectivity index (χ2n) is 6.29. The molecule has 0 unspecified atom stereocenters. The number of nitrogens with zero attached hydrogens (tertiary/aromatic N) is 1. The van der Waals surface area contributed by atoms with Gasteiger partial charge in [-0.3, -0.25) is 5.41 Å². The fourth-order valence-electron chi connectivity index (χ4n) is 2.65. The molecule has 1 N–H and O–H groups in total. The molecule has 0 spiro atoms. The SMILES string of the molecule is CCC1CCC(N(C)C(=N)C(C)(C)C)CC1. The van der Waals surface area contributed by atoms with Crippen molar-refractivity contribution in [2.75, 3.05) is 7.05 Å². The fourth-order valence-corrected chi connectivity index (χ4v) is 2.65. The average molecular weight is 224 g/mol. The van der Waals surface area contributed by atoms with Crippen LogP contribution in [-0.4, -0.2) is 23.8 Å². The van der Waals surface area contributed by atoms with E-state index in [-0.39, 0.29) is 5.41 Å². The molecule has 16 heavy (non-hydrogen) atoms. The van der Waals surface area contributed by atoms with Crippen LogP contribution in [0.2, 0.25) is 0 Å². The molecule has 1 rings (SSSR count). The first-order valence-electron chi connectivity index (χ1n) is 6.68. The van der Waals surface area contributed by atoms with Crippen LogP contribution in [0, 0.1) is 16.7 Å². The molecule has 94 valence electrons. The van der Waals surface area contributed by atoms with Crippen molar-refractivity contribution in [2.45, 2.75) is 65.8 Å². The van der Waals surface area contributed by atoms with E-state index in [2.05, 4.69) is 39.6 Å². The molecule has 0 aromatic rings. The summed E-state index contributed by atoms with van der Waals surface area (Å²) >= 11 is 0. The molecule has 0 atom stereocenters. The van der Waals surface area contributed by atoms with Crippen LogP contribution in [0.5, 0.6) is 0 Å². The van der Waals surface area contributed by atoms with E-state index in [1.54, 1.807) is 0 Å². The first-order chi connectivity index (χ1) is 7.36. The second-order valence-corrected chi connectivity index (χ2v) is 6.29. The van der Waals surface area contributed by atoms with Gasteiger partial charge >= 0.3 is 0 Å². The standard InChI is InChI=1S/C14H28N2/c1-6-11-7-9-12(10-8-11)16(5)13(15)14(2,3)4/h11-12,15H,6-10H2,1-5H3. The zero-order valence-electron chi connectivity index (χ0n) is 11.6. The minimum atomic E-state index is -0.0175. The zero-order chi connectivity index (χ0) is 12.3. The first-order valence-corrected chi connectivity index (χ1v) is 6.68. The summed E-state index contributed by atoms with van der Waals surface area (Å²) in [6.45, 7) is 8.68. The molecule has 2 heteroatoms. The third-order valence-corrected chi connectivity index (χ3v) is 4.00. The monoisotopic (exact) mass is 224 g/mol. The molecule has 0 heterocycles. The molecule has 0 aromatic carbocycles. The highest BCUT2D eigenvalue weighted by molar-refractivity contribution is 5.84. The van der Waals surface area contributed by atoms with Crippen molar-refractivity contribution in [1.29, 1.82) is 5.41 Å². The summed E-state index contributed by atoms with van der Waals surface area (Å²) in [5.41, 5.74) is -0.0175. The number of hydrogen-bond acceptors (Lipinski definition) is 1. The van der Waals surface area contributed by atoms with Crippen LogP contribution in [0.15, 0.2) is 0 Å². The molecule has 1 fully saturated rings. The molecule has 0 radical (unpaired) electrons. The normalized spacial score (nSPS) is 26.6. The van der Waals surface area contributed by atoms with Crippen molar-refractivity contribution in [2.24, 2.45) is 11.3 Å². The van der Waals surface area contributed by atoms with E-state index in [1.165, 1.54) is 32.1 Å². The second kappa shape index (κ2) is 5.20. The van der Waals surface area contributed by atoms with Crippen LogP contribution in [0.25, 0.3) is 0 Å². The summed E-state index contributed by atoms with van der Waals surface area (Å²) in [5, 5.41) is 8.20. The summed E-state index contributed by atoms with van der Waals surface area (Å²) in [4.78, 5) is 2.21. The van der Waals surface area contributed by atoms with Crippen molar-refractivity contribution < 1.29 is 0 Å². The molecule has 2 nitrogen and oxygen atoms in total. The maximum atomic E-state index is 8.20. The molecule has 1 aliphatic carbocycles. The highest BCUT2D eigenvalue weighted by atomic mass is 15.2. The van der Waals surface area contributed by atoms with E-state index in [0.29, 0.717) is 6.04 Å². The molecule has 0 aromatic heterocycles. The van der Waals surface area contributed by atoms with E-state index >= 15 is 0 Å². The number of rotatable bonds is 2. The van der Waals surface area contributed by atoms with Gasteiger partial charge in [-0.05, 0) is 31.6 Å². The Morgan fingerprint density at radius 1 is 1.19 bits per heavy atom. The smallest absolute Gasteiger partial charge is 0.101 e. The van der Waals surface area contributed by atoms with Gasteiger partial charge in [0.25, 0.3) is 0 Å². The van der Waals surface area contributed by atoms with Crippen molar-refractivity contribution >= 4 is 5.84 Å². The number of amidine groups is 1. The van der Waals surface area contributed by atoms with Crippen LogP contribution in [0.3, 0.4) is 0 Å². The van der Waals surface area contributed by atoms with Gasteiger partial charge in [0, 0.05) is 18.5 Å². The van der Waals surface area contributed by atoms with Crippen LogP contribution in [0.1, 0.15) is 59.8 Å². The van der Waals surface area contributed by atoms with E-state index in [9.17, 15) is 0 Å². The Labute approximate surface area is 101 Å². The van der Waals surface area contributed by atoms with Gasteiger partial charge in [-0.25, -0.2) is 0 Å². The Balaban J connectivity index is 2.50. The summed E-state index contributed by atoms with van der Waals surface area (Å²) in [6, 6.07) is 0.606. The third kappa shape index (κ3) is 3.23. The summed E-state index contributed by atoms with van der Waals surface area (Å²) in [5.74, 6) is 1.72. The Morgan fingerprint density at radius 3 is 2.06 bits per heavy atom. The van der Waals surface area contributed by atoms with E-state index < -0.39 is 0 Å².